The van der Waals surface area contributed by atoms with Gasteiger partial charge in [-0.25, -0.2) is 4.79 Å². The van der Waals surface area contributed by atoms with Gasteiger partial charge >= 0.3 is 5.69 Å². The van der Waals surface area contributed by atoms with Crippen LogP contribution in [-0.4, -0.2) is 37.6 Å². The molecule has 24 heavy (non-hydrogen) atoms. The number of Topliss-reactive ketones (excluding diaryl/α,β-unsaturated/α-hetero) is 1. The first kappa shape index (κ1) is 16.5. The SMILES string of the molecule is CC(=O)C(C)n1c(N2CCCCC2)nc2c1c(=O)n(C)c(=O)n2C. The average molecular weight is 333 g/mol. The summed E-state index contributed by atoms with van der Waals surface area (Å²) in [6, 6.07) is -0.517. The number of rotatable bonds is 3. The minimum Gasteiger partial charge on any atom is -0.342 e. The number of fused-ring (bicyclic) bond motifs is 1. The van der Waals surface area contributed by atoms with Crippen LogP contribution in [0.25, 0.3) is 11.2 Å². The molecule has 2 aromatic rings. The molecule has 8 heteroatoms. The number of aromatic nitrogens is 4. The van der Waals surface area contributed by atoms with Gasteiger partial charge in [0, 0.05) is 27.2 Å². The zero-order valence-electron chi connectivity index (χ0n) is 14.6. The van der Waals surface area contributed by atoms with Crippen molar-refractivity contribution in [1.29, 1.82) is 0 Å². The first-order chi connectivity index (χ1) is 11.3. The number of ketones is 1. The highest BCUT2D eigenvalue weighted by molar-refractivity contribution is 5.84. The Bertz CT molecular complexity index is 914. The third kappa shape index (κ3) is 2.37. The van der Waals surface area contributed by atoms with Crippen LogP contribution in [0.2, 0.25) is 0 Å². The van der Waals surface area contributed by atoms with Crippen LogP contribution in [-0.2, 0) is 18.9 Å². The summed E-state index contributed by atoms with van der Waals surface area (Å²) in [7, 11) is 3.04. The number of nitrogens with zero attached hydrogens (tertiary/aromatic N) is 5. The van der Waals surface area contributed by atoms with Gasteiger partial charge in [0.1, 0.15) is 0 Å². The number of imidazole rings is 1. The zero-order valence-corrected chi connectivity index (χ0v) is 14.6. The smallest absolute Gasteiger partial charge is 0.332 e. The normalized spacial score (nSPS) is 16.6. The van der Waals surface area contributed by atoms with E-state index in [0.29, 0.717) is 17.1 Å². The van der Waals surface area contributed by atoms with Crippen LogP contribution in [0.3, 0.4) is 0 Å². The van der Waals surface area contributed by atoms with Crippen molar-refractivity contribution in [2.24, 2.45) is 14.1 Å². The summed E-state index contributed by atoms with van der Waals surface area (Å²) in [4.78, 5) is 43.6. The van der Waals surface area contributed by atoms with Crippen LogP contribution in [0.1, 0.15) is 39.2 Å². The summed E-state index contributed by atoms with van der Waals surface area (Å²) < 4.78 is 4.13. The van der Waals surface area contributed by atoms with Crippen LogP contribution in [0.5, 0.6) is 0 Å². The van der Waals surface area contributed by atoms with Crippen molar-refractivity contribution in [2.75, 3.05) is 18.0 Å². The van der Waals surface area contributed by atoms with Gasteiger partial charge in [-0.15, -0.1) is 0 Å². The van der Waals surface area contributed by atoms with E-state index >= 15 is 0 Å². The lowest BCUT2D eigenvalue weighted by Gasteiger charge is -2.29. The van der Waals surface area contributed by atoms with Crippen LogP contribution in [0.4, 0.5) is 5.95 Å². The molecule has 1 atom stereocenters. The Morgan fingerprint density at radius 2 is 1.71 bits per heavy atom. The monoisotopic (exact) mass is 333 g/mol. The summed E-state index contributed by atoms with van der Waals surface area (Å²) in [6.07, 6.45) is 3.27. The lowest BCUT2D eigenvalue weighted by atomic mass is 10.1. The first-order valence-corrected chi connectivity index (χ1v) is 8.28. The molecule has 1 saturated heterocycles. The molecule has 0 bridgehead atoms. The van der Waals surface area contributed by atoms with Crippen molar-refractivity contribution in [3.8, 4) is 0 Å². The molecule has 0 aromatic carbocycles. The number of carbonyl (C=O) groups excluding carboxylic acids is 1. The van der Waals surface area contributed by atoms with E-state index in [4.69, 9.17) is 0 Å². The van der Waals surface area contributed by atoms with Gasteiger partial charge < -0.3 is 4.90 Å². The second-order valence-electron chi connectivity index (χ2n) is 6.49. The molecular formula is C16H23N5O3. The summed E-state index contributed by atoms with van der Waals surface area (Å²) in [5.74, 6) is 0.550. The van der Waals surface area contributed by atoms with E-state index in [0.717, 1.165) is 30.5 Å². The van der Waals surface area contributed by atoms with Crippen LogP contribution in [0.15, 0.2) is 9.59 Å². The van der Waals surface area contributed by atoms with Gasteiger partial charge in [0.25, 0.3) is 5.56 Å². The third-order valence-corrected chi connectivity index (χ3v) is 4.89. The Morgan fingerprint density at radius 3 is 2.29 bits per heavy atom. The number of hydrogen-bond acceptors (Lipinski definition) is 5. The summed E-state index contributed by atoms with van der Waals surface area (Å²) in [6.45, 7) is 4.94. The number of piperidine rings is 1. The Morgan fingerprint density at radius 1 is 1.08 bits per heavy atom. The van der Waals surface area contributed by atoms with Crippen molar-refractivity contribution >= 4 is 22.9 Å². The van der Waals surface area contributed by atoms with E-state index in [9.17, 15) is 14.4 Å². The third-order valence-electron chi connectivity index (χ3n) is 4.89. The highest BCUT2D eigenvalue weighted by Crippen LogP contribution is 2.27. The molecule has 0 radical (unpaired) electrons. The molecule has 130 valence electrons. The van der Waals surface area contributed by atoms with Gasteiger partial charge in [-0.2, -0.15) is 4.98 Å². The summed E-state index contributed by atoms with van der Waals surface area (Å²) in [5.41, 5.74) is -0.200. The van der Waals surface area contributed by atoms with Gasteiger partial charge in [0.2, 0.25) is 5.95 Å². The molecular weight excluding hydrogens is 310 g/mol. The predicted molar refractivity (Wildman–Crippen MR) is 91.7 cm³/mol. The van der Waals surface area contributed by atoms with Gasteiger partial charge in [0.15, 0.2) is 16.9 Å². The molecule has 1 aliphatic rings. The molecule has 0 amide bonds. The van der Waals surface area contributed by atoms with Crippen molar-refractivity contribution in [3.05, 3.63) is 20.8 Å². The van der Waals surface area contributed by atoms with E-state index in [1.54, 1.807) is 18.5 Å². The molecule has 8 nitrogen and oxygen atoms in total. The molecule has 2 aromatic heterocycles. The van der Waals surface area contributed by atoms with E-state index in [1.165, 1.54) is 25.0 Å². The number of hydrogen-bond donors (Lipinski definition) is 0. The standard InChI is InChI=1S/C16H23N5O3/c1-10(11(2)22)21-12-13(18(3)16(24)19(4)14(12)23)17-15(21)20-8-6-5-7-9-20/h10H,5-9H2,1-4H3. The molecule has 3 heterocycles. The molecule has 1 unspecified atom stereocenters. The molecule has 0 spiro atoms. The molecule has 3 rings (SSSR count). The van der Waals surface area contributed by atoms with Crippen molar-refractivity contribution in [3.63, 3.8) is 0 Å². The van der Waals surface area contributed by atoms with E-state index < -0.39 is 17.3 Å². The van der Waals surface area contributed by atoms with Gasteiger partial charge in [-0.1, -0.05) is 0 Å². The summed E-state index contributed by atoms with van der Waals surface area (Å²) in [5, 5.41) is 0. The molecule has 0 aliphatic carbocycles. The highest BCUT2D eigenvalue weighted by atomic mass is 16.2. The van der Waals surface area contributed by atoms with Crippen LogP contribution >= 0.6 is 0 Å². The molecule has 0 N–H and O–H groups in total. The molecule has 1 fully saturated rings. The Kier molecular flexibility index (Phi) is 4.06. The maximum absolute atomic E-state index is 12.7. The molecule has 0 saturated carbocycles. The Balaban J connectivity index is 2.39. The summed E-state index contributed by atoms with van der Waals surface area (Å²) >= 11 is 0. The fourth-order valence-electron chi connectivity index (χ4n) is 3.27. The largest absolute Gasteiger partial charge is 0.342 e. The highest BCUT2D eigenvalue weighted by Gasteiger charge is 2.27. The fourth-order valence-corrected chi connectivity index (χ4v) is 3.27. The maximum atomic E-state index is 12.7. The van der Waals surface area contributed by atoms with Crippen molar-refractivity contribution in [1.82, 2.24) is 18.7 Å². The van der Waals surface area contributed by atoms with Crippen molar-refractivity contribution in [2.45, 2.75) is 39.2 Å². The van der Waals surface area contributed by atoms with Crippen molar-refractivity contribution < 1.29 is 4.79 Å². The van der Waals surface area contributed by atoms with Gasteiger partial charge in [-0.3, -0.25) is 23.3 Å². The fraction of sp³-hybridized carbons (Fsp3) is 0.625. The van der Waals surface area contributed by atoms with Gasteiger partial charge in [-0.05, 0) is 33.1 Å². The Labute approximate surface area is 139 Å². The second kappa shape index (κ2) is 5.92. The number of aryl methyl sites for hydroxylation is 1. The van der Waals surface area contributed by atoms with E-state index in [1.807, 2.05) is 0 Å². The van der Waals surface area contributed by atoms with Crippen LogP contribution < -0.4 is 16.1 Å². The molecule has 1 aliphatic heterocycles. The van der Waals surface area contributed by atoms with Crippen LogP contribution in [0, 0.1) is 0 Å². The minimum atomic E-state index is -0.517. The topological polar surface area (TPSA) is 82.1 Å². The first-order valence-electron chi connectivity index (χ1n) is 8.28. The lowest BCUT2D eigenvalue weighted by molar-refractivity contribution is -0.119. The van der Waals surface area contributed by atoms with Gasteiger partial charge in [0.05, 0.1) is 6.04 Å². The quantitative estimate of drug-likeness (QED) is 0.820. The zero-order chi connectivity index (χ0) is 17.6. The second-order valence-corrected chi connectivity index (χ2v) is 6.49. The number of carbonyl (C=O) groups is 1. The maximum Gasteiger partial charge on any atom is 0.332 e. The van der Waals surface area contributed by atoms with E-state index in [2.05, 4.69) is 9.88 Å². The van der Waals surface area contributed by atoms with E-state index in [-0.39, 0.29) is 5.78 Å². The Hall–Kier alpha value is -2.38. The number of anilines is 1. The minimum absolute atomic E-state index is 0.0523. The predicted octanol–water partition coefficient (Wildman–Crippen LogP) is 0.574. The average Bonchev–Trinajstić information content (AvgIpc) is 2.98. The lowest BCUT2D eigenvalue weighted by Crippen LogP contribution is -2.38.